The van der Waals surface area contributed by atoms with Gasteiger partial charge in [-0.05, 0) is 48.1 Å². The van der Waals surface area contributed by atoms with Crippen LogP contribution in [0, 0.1) is 5.92 Å². The van der Waals surface area contributed by atoms with Crippen LogP contribution in [0.2, 0.25) is 0 Å². The maximum Gasteiger partial charge on any atom is 0.337 e. The Labute approximate surface area is 218 Å². The van der Waals surface area contributed by atoms with Crippen LogP contribution in [0.4, 0.5) is 4.79 Å². The summed E-state index contributed by atoms with van der Waals surface area (Å²) in [6.45, 7) is 3.87. The van der Waals surface area contributed by atoms with E-state index in [1.807, 2.05) is 62.4 Å². The van der Waals surface area contributed by atoms with Crippen LogP contribution in [0.25, 0.3) is 5.57 Å². The van der Waals surface area contributed by atoms with Gasteiger partial charge in [-0.25, -0.2) is 18.2 Å². The number of urea groups is 1. The van der Waals surface area contributed by atoms with Crippen molar-refractivity contribution in [3.05, 3.63) is 76.9 Å². The van der Waals surface area contributed by atoms with Crippen molar-refractivity contribution in [1.82, 2.24) is 10.3 Å². The van der Waals surface area contributed by atoms with Crippen LogP contribution in [-0.4, -0.2) is 64.0 Å². The SMILES string of the molecule is CNC(=O)N1N=C(c2ccc(C3=CC(C)C(S(C)(=O)=O)C=C3)cc2)c2cc(OC)c(OC)cc2CC1C. The zero-order chi connectivity index (χ0) is 26.9. The quantitative estimate of drug-likeness (QED) is 0.638. The highest BCUT2D eigenvalue weighted by atomic mass is 32.2. The standard InChI is InChI=1S/C28H33N3O5S/c1-17-13-21(11-12-26(17)37(6,33)34)19-7-9-20(10-8-19)27-23-16-25(36-5)24(35-4)15-22(23)14-18(2)31(30-27)28(32)29-3/h7-13,15-18,26H,14H2,1-6H3,(H,29,32). The molecule has 2 aliphatic rings. The van der Waals surface area contributed by atoms with Crippen LogP contribution < -0.4 is 14.8 Å². The third-order valence-corrected chi connectivity index (χ3v) is 8.41. The fourth-order valence-electron chi connectivity index (χ4n) is 4.90. The van der Waals surface area contributed by atoms with Crippen molar-refractivity contribution in [2.24, 2.45) is 11.0 Å². The molecule has 0 bridgehead atoms. The van der Waals surface area contributed by atoms with E-state index in [9.17, 15) is 13.2 Å². The largest absolute Gasteiger partial charge is 0.493 e. The van der Waals surface area contributed by atoms with E-state index in [1.54, 1.807) is 27.3 Å². The molecule has 3 unspecified atom stereocenters. The van der Waals surface area contributed by atoms with E-state index in [1.165, 1.54) is 11.3 Å². The predicted octanol–water partition coefficient (Wildman–Crippen LogP) is 4.04. The Bertz CT molecular complexity index is 1390. The second-order valence-electron chi connectivity index (χ2n) is 9.48. The summed E-state index contributed by atoms with van der Waals surface area (Å²) in [5.41, 5.74) is 5.28. The maximum absolute atomic E-state index is 12.7. The Morgan fingerprint density at radius 1 is 1.05 bits per heavy atom. The lowest BCUT2D eigenvalue weighted by Gasteiger charge is -2.22. The van der Waals surface area contributed by atoms with E-state index >= 15 is 0 Å². The molecule has 37 heavy (non-hydrogen) atoms. The minimum Gasteiger partial charge on any atom is -0.493 e. The summed E-state index contributed by atoms with van der Waals surface area (Å²) in [7, 11) is 1.61. The molecule has 0 aromatic heterocycles. The first-order chi connectivity index (χ1) is 17.6. The average molecular weight is 524 g/mol. The molecule has 0 fully saturated rings. The molecule has 1 aliphatic carbocycles. The zero-order valence-electron chi connectivity index (χ0n) is 22.0. The highest BCUT2D eigenvalue weighted by Gasteiger charge is 2.29. The van der Waals surface area contributed by atoms with E-state index in [-0.39, 0.29) is 18.0 Å². The van der Waals surface area contributed by atoms with Gasteiger partial charge in [-0.15, -0.1) is 0 Å². The number of allylic oxidation sites excluding steroid dienone is 3. The molecule has 0 radical (unpaired) electrons. The molecular formula is C28H33N3O5S. The molecule has 8 nitrogen and oxygen atoms in total. The van der Waals surface area contributed by atoms with Gasteiger partial charge in [-0.3, -0.25) is 0 Å². The number of benzene rings is 2. The zero-order valence-corrected chi connectivity index (χ0v) is 22.8. The molecular weight excluding hydrogens is 490 g/mol. The van der Waals surface area contributed by atoms with Crippen LogP contribution in [0.15, 0.2) is 59.7 Å². The Balaban J connectivity index is 1.77. The number of carbonyl (C=O) groups is 1. The number of ether oxygens (including phenoxy) is 2. The maximum atomic E-state index is 12.7. The third-order valence-electron chi connectivity index (χ3n) is 6.84. The lowest BCUT2D eigenvalue weighted by atomic mass is 9.91. The summed E-state index contributed by atoms with van der Waals surface area (Å²) >= 11 is 0. The molecule has 0 spiro atoms. The van der Waals surface area contributed by atoms with E-state index in [0.717, 1.165) is 27.8 Å². The van der Waals surface area contributed by atoms with Crippen LogP contribution in [0.1, 0.15) is 36.1 Å². The number of hydrogen-bond acceptors (Lipinski definition) is 6. The van der Waals surface area contributed by atoms with Crippen LogP contribution in [-0.2, 0) is 16.3 Å². The van der Waals surface area contributed by atoms with Gasteiger partial charge in [-0.1, -0.05) is 49.4 Å². The smallest absolute Gasteiger partial charge is 0.337 e. The highest BCUT2D eigenvalue weighted by Crippen LogP contribution is 2.35. The number of amides is 2. The van der Waals surface area contributed by atoms with E-state index < -0.39 is 15.1 Å². The number of hydrogen-bond donors (Lipinski definition) is 1. The molecule has 9 heteroatoms. The molecule has 196 valence electrons. The minimum absolute atomic E-state index is 0.127. The van der Waals surface area contributed by atoms with Crippen LogP contribution in [0.3, 0.4) is 0 Å². The molecule has 2 aromatic rings. The van der Waals surface area contributed by atoms with Gasteiger partial charge in [0.2, 0.25) is 0 Å². The first kappa shape index (κ1) is 26.5. The number of nitrogens with zero attached hydrogens (tertiary/aromatic N) is 2. The lowest BCUT2D eigenvalue weighted by Crippen LogP contribution is -2.41. The van der Waals surface area contributed by atoms with E-state index in [0.29, 0.717) is 23.6 Å². The molecule has 2 aromatic carbocycles. The molecule has 4 rings (SSSR count). The van der Waals surface area contributed by atoms with Gasteiger partial charge < -0.3 is 14.8 Å². The first-order valence-electron chi connectivity index (χ1n) is 12.1. The van der Waals surface area contributed by atoms with Crippen molar-refractivity contribution < 1.29 is 22.7 Å². The topological polar surface area (TPSA) is 97.3 Å². The number of hydrazone groups is 1. The van der Waals surface area contributed by atoms with Crippen molar-refractivity contribution in [3.63, 3.8) is 0 Å². The minimum atomic E-state index is -3.17. The Morgan fingerprint density at radius 3 is 2.24 bits per heavy atom. The molecule has 0 saturated carbocycles. The van der Waals surface area contributed by atoms with Crippen molar-refractivity contribution in [2.45, 2.75) is 31.6 Å². The first-order valence-corrected chi connectivity index (χ1v) is 14.1. The van der Waals surface area contributed by atoms with E-state index in [4.69, 9.17) is 14.6 Å². The summed E-state index contributed by atoms with van der Waals surface area (Å²) < 4.78 is 35.2. The summed E-state index contributed by atoms with van der Waals surface area (Å²) in [5, 5.41) is 8.44. The van der Waals surface area contributed by atoms with Crippen LogP contribution in [0.5, 0.6) is 11.5 Å². The number of carbonyl (C=O) groups excluding carboxylic acids is 1. The average Bonchev–Trinajstić information content (AvgIpc) is 3.02. The Morgan fingerprint density at radius 2 is 1.68 bits per heavy atom. The van der Waals surface area contributed by atoms with Gasteiger partial charge in [0.05, 0.1) is 31.2 Å². The summed E-state index contributed by atoms with van der Waals surface area (Å²) in [5.74, 6) is 1.07. The molecule has 1 aliphatic heterocycles. The number of nitrogens with one attached hydrogen (secondary N) is 1. The predicted molar refractivity (Wildman–Crippen MR) is 146 cm³/mol. The fourth-order valence-corrected chi connectivity index (χ4v) is 6.12. The highest BCUT2D eigenvalue weighted by molar-refractivity contribution is 7.91. The van der Waals surface area contributed by atoms with Gasteiger partial charge in [0.1, 0.15) is 0 Å². The van der Waals surface area contributed by atoms with Gasteiger partial charge in [0, 0.05) is 24.4 Å². The van der Waals surface area contributed by atoms with Gasteiger partial charge >= 0.3 is 6.03 Å². The molecule has 1 heterocycles. The van der Waals surface area contributed by atoms with Crippen molar-refractivity contribution in [2.75, 3.05) is 27.5 Å². The fraction of sp³-hybridized carbons (Fsp3) is 0.357. The monoisotopic (exact) mass is 523 g/mol. The van der Waals surface area contributed by atoms with Crippen molar-refractivity contribution >= 4 is 27.2 Å². The summed E-state index contributed by atoms with van der Waals surface area (Å²) in [4.78, 5) is 12.7. The number of methoxy groups -OCH3 is 2. The van der Waals surface area contributed by atoms with Gasteiger partial charge in [0.25, 0.3) is 0 Å². The Hall–Kier alpha value is -3.59. The number of fused-ring (bicyclic) bond motifs is 1. The van der Waals surface area contributed by atoms with Crippen molar-refractivity contribution in [1.29, 1.82) is 0 Å². The van der Waals surface area contributed by atoms with E-state index in [2.05, 4.69) is 5.32 Å². The lowest BCUT2D eigenvalue weighted by molar-refractivity contribution is 0.184. The summed E-state index contributed by atoms with van der Waals surface area (Å²) in [6, 6.07) is 11.3. The van der Waals surface area contributed by atoms with Crippen molar-refractivity contribution in [3.8, 4) is 11.5 Å². The number of sulfone groups is 1. The Kier molecular flexibility index (Phi) is 7.45. The second kappa shape index (κ2) is 10.4. The number of rotatable bonds is 5. The second-order valence-corrected chi connectivity index (χ2v) is 11.7. The third kappa shape index (κ3) is 5.27. The molecule has 0 saturated heterocycles. The molecule has 1 N–H and O–H groups in total. The summed E-state index contributed by atoms with van der Waals surface area (Å²) in [6.07, 6.45) is 7.48. The molecule has 3 atom stereocenters. The van der Waals surface area contributed by atoms with Gasteiger partial charge in [0.15, 0.2) is 21.3 Å². The van der Waals surface area contributed by atoms with Crippen LogP contribution >= 0.6 is 0 Å². The molecule has 2 amide bonds. The normalized spacial score (nSPS) is 21.4. The van der Waals surface area contributed by atoms with Gasteiger partial charge in [-0.2, -0.15) is 5.10 Å².